The number of halogens is 6. The first-order valence-electron chi connectivity index (χ1n) is 2.50. The fourth-order valence-electron chi connectivity index (χ4n) is 0.323. The van der Waals surface area contributed by atoms with E-state index in [1.165, 1.54) is 0 Å². The highest BCUT2D eigenvalue weighted by Crippen LogP contribution is 2.98. The standard InChI is InChI=1S/C4H4ClF5OS/c5-4(11)2-1-3-12(6,7,8,9)10/h1,3H,2H2/b3-1+. The van der Waals surface area contributed by atoms with E-state index in [-0.39, 0.29) is 6.08 Å². The highest BCUT2D eigenvalue weighted by atomic mass is 35.5. The lowest BCUT2D eigenvalue weighted by Crippen LogP contribution is -1.99. The predicted octanol–water partition coefficient (Wildman–Crippen LogP) is 3.95. The van der Waals surface area contributed by atoms with E-state index < -0.39 is 27.3 Å². The van der Waals surface area contributed by atoms with Gasteiger partial charge in [0.1, 0.15) is 0 Å². The largest absolute Gasteiger partial charge is 0.304 e. The third kappa shape index (κ3) is 9.70. The highest BCUT2D eigenvalue weighted by molar-refractivity contribution is 8.48. The molecule has 0 aliphatic heterocycles. The van der Waals surface area contributed by atoms with Crippen LogP contribution >= 0.6 is 21.8 Å². The van der Waals surface area contributed by atoms with Gasteiger partial charge < -0.3 is 0 Å². The van der Waals surface area contributed by atoms with E-state index in [1.807, 2.05) is 0 Å². The predicted molar refractivity (Wildman–Crippen MR) is 37.7 cm³/mol. The fraction of sp³-hybridized carbons (Fsp3) is 0.250. The molecular weight excluding hydrogens is 227 g/mol. The SMILES string of the molecule is O=C(Cl)C/C=C/S(F)(F)(F)(F)F. The van der Waals surface area contributed by atoms with Crippen LogP contribution in [0, 0.1) is 0 Å². The van der Waals surface area contributed by atoms with Crippen molar-refractivity contribution in [2.45, 2.75) is 6.42 Å². The van der Waals surface area contributed by atoms with Crippen LogP contribution in [0.15, 0.2) is 11.5 Å². The molecule has 0 aromatic carbocycles. The second kappa shape index (κ2) is 2.35. The quantitative estimate of drug-likeness (QED) is 0.530. The average molecular weight is 231 g/mol. The van der Waals surface area contributed by atoms with Gasteiger partial charge in [-0.2, -0.15) is 0 Å². The molecule has 0 N–H and O–H groups in total. The van der Waals surface area contributed by atoms with Crippen molar-refractivity contribution in [3.8, 4) is 0 Å². The fourth-order valence-corrected chi connectivity index (χ4v) is 0.872. The number of rotatable bonds is 3. The van der Waals surface area contributed by atoms with Crippen LogP contribution in [0.5, 0.6) is 0 Å². The van der Waals surface area contributed by atoms with Crippen LogP contribution < -0.4 is 0 Å². The summed E-state index contributed by atoms with van der Waals surface area (Å²) >= 11 is 4.61. The molecule has 12 heavy (non-hydrogen) atoms. The molecule has 0 aliphatic carbocycles. The van der Waals surface area contributed by atoms with Crippen LogP contribution in [0.1, 0.15) is 6.42 Å². The van der Waals surface area contributed by atoms with E-state index in [1.54, 1.807) is 0 Å². The Balaban J connectivity index is 4.47. The lowest BCUT2D eigenvalue weighted by atomic mass is 10.5. The molecule has 0 radical (unpaired) electrons. The Bertz CT molecular complexity index is 227. The van der Waals surface area contributed by atoms with Crippen molar-refractivity contribution >= 4 is 27.1 Å². The summed E-state index contributed by atoms with van der Waals surface area (Å²) in [4.78, 5) is 9.85. The molecular formula is C4H4ClF5OS. The molecule has 0 bridgehead atoms. The first kappa shape index (κ1) is 11.7. The third-order valence-electron chi connectivity index (χ3n) is 0.632. The number of allylic oxidation sites excluding steroid dienone is 1. The Hall–Kier alpha value is -0.300. The molecule has 0 unspecified atom stereocenters. The molecule has 0 aromatic rings. The van der Waals surface area contributed by atoms with Gasteiger partial charge in [-0.3, -0.25) is 4.79 Å². The molecule has 0 spiro atoms. The molecule has 0 amide bonds. The minimum Gasteiger partial charge on any atom is -0.281 e. The summed E-state index contributed by atoms with van der Waals surface area (Å²) in [5.74, 6) is 0. The van der Waals surface area contributed by atoms with Crippen molar-refractivity contribution in [3.05, 3.63) is 11.5 Å². The second-order valence-electron chi connectivity index (χ2n) is 1.96. The normalized spacial score (nSPS) is 18.8. The zero-order chi connectivity index (χ0) is 10.1. The van der Waals surface area contributed by atoms with Crippen molar-refractivity contribution in [2.75, 3.05) is 0 Å². The summed E-state index contributed by atoms with van der Waals surface area (Å²) < 4.78 is 57.1. The van der Waals surface area contributed by atoms with E-state index >= 15 is 0 Å². The van der Waals surface area contributed by atoms with Gasteiger partial charge in [0.25, 0.3) is 0 Å². The van der Waals surface area contributed by atoms with E-state index in [0.717, 1.165) is 0 Å². The number of hydrogen-bond acceptors (Lipinski definition) is 1. The van der Waals surface area contributed by atoms with Gasteiger partial charge in [0.15, 0.2) is 0 Å². The van der Waals surface area contributed by atoms with Crippen LogP contribution in [-0.2, 0) is 4.79 Å². The van der Waals surface area contributed by atoms with Crippen molar-refractivity contribution in [1.82, 2.24) is 0 Å². The van der Waals surface area contributed by atoms with Crippen LogP contribution in [-0.4, -0.2) is 5.24 Å². The van der Waals surface area contributed by atoms with E-state index in [4.69, 9.17) is 0 Å². The van der Waals surface area contributed by atoms with Crippen LogP contribution in [0.2, 0.25) is 0 Å². The van der Waals surface area contributed by atoms with Gasteiger partial charge in [0.05, 0.1) is 5.41 Å². The van der Waals surface area contributed by atoms with Gasteiger partial charge in [-0.25, -0.2) is 0 Å². The summed E-state index contributed by atoms with van der Waals surface area (Å²) in [6.45, 7) is 0. The highest BCUT2D eigenvalue weighted by Gasteiger charge is 2.60. The topological polar surface area (TPSA) is 17.1 Å². The van der Waals surface area contributed by atoms with Gasteiger partial charge in [0.2, 0.25) is 5.24 Å². The maximum absolute atomic E-state index is 11.4. The molecule has 8 heteroatoms. The molecule has 0 aliphatic rings. The number of carbonyl (C=O) groups is 1. The lowest BCUT2D eigenvalue weighted by Gasteiger charge is -2.36. The van der Waals surface area contributed by atoms with Crippen molar-refractivity contribution in [1.29, 1.82) is 0 Å². The van der Waals surface area contributed by atoms with Gasteiger partial charge in [0, 0.05) is 6.42 Å². The second-order valence-corrected chi connectivity index (χ2v) is 4.71. The maximum atomic E-state index is 11.4. The van der Waals surface area contributed by atoms with Crippen molar-refractivity contribution < 1.29 is 24.2 Å². The minimum atomic E-state index is -9.50. The molecule has 0 heterocycles. The maximum Gasteiger partial charge on any atom is 0.304 e. The molecule has 0 aromatic heterocycles. The van der Waals surface area contributed by atoms with Gasteiger partial charge in [-0.05, 0) is 11.6 Å². The molecule has 0 fully saturated rings. The van der Waals surface area contributed by atoms with E-state index in [9.17, 15) is 24.2 Å². The number of hydrogen-bond donors (Lipinski definition) is 0. The smallest absolute Gasteiger partial charge is 0.281 e. The summed E-state index contributed by atoms with van der Waals surface area (Å²) in [5.41, 5.74) is 0. The van der Waals surface area contributed by atoms with Gasteiger partial charge in [-0.1, -0.05) is 25.5 Å². The number of carbonyl (C=O) groups excluding carboxylic acids is 1. The molecule has 0 atom stereocenters. The summed E-state index contributed by atoms with van der Waals surface area (Å²) in [5, 5.41) is -2.33. The van der Waals surface area contributed by atoms with Gasteiger partial charge >= 0.3 is 10.2 Å². The van der Waals surface area contributed by atoms with Crippen molar-refractivity contribution in [3.63, 3.8) is 0 Å². The zero-order valence-corrected chi connectivity index (χ0v) is 7.02. The molecule has 1 nitrogen and oxygen atoms in total. The van der Waals surface area contributed by atoms with Crippen LogP contribution in [0.3, 0.4) is 0 Å². The first-order valence-corrected chi connectivity index (χ1v) is 4.89. The first-order chi connectivity index (χ1) is 4.89. The summed E-state index contributed by atoms with van der Waals surface area (Å²) in [7, 11) is -9.50. The Morgan fingerprint density at radius 1 is 1.25 bits per heavy atom. The Labute approximate surface area is 69.9 Å². The third-order valence-corrected chi connectivity index (χ3v) is 1.49. The molecule has 0 saturated carbocycles. The monoisotopic (exact) mass is 230 g/mol. The molecule has 0 saturated heterocycles. The zero-order valence-electron chi connectivity index (χ0n) is 5.45. The van der Waals surface area contributed by atoms with E-state index in [2.05, 4.69) is 11.6 Å². The van der Waals surface area contributed by atoms with E-state index in [0.29, 0.717) is 0 Å². The summed E-state index contributed by atoms with van der Waals surface area (Å²) in [6, 6.07) is 0. The summed E-state index contributed by atoms with van der Waals surface area (Å²) in [6.07, 6.45) is -0.871. The minimum absolute atomic E-state index is 0.00309. The Kier molecular flexibility index (Phi) is 2.29. The van der Waals surface area contributed by atoms with Crippen LogP contribution in [0.4, 0.5) is 19.4 Å². The molecule has 74 valence electrons. The lowest BCUT2D eigenvalue weighted by molar-refractivity contribution is -0.110. The average Bonchev–Trinajstić information content (AvgIpc) is 1.54. The van der Waals surface area contributed by atoms with Crippen molar-refractivity contribution in [2.24, 2.45) is 0 Å². The Morgan fingerprint density at radius 2 is 1.67 bits per heavy atom. The van der Waals surface area contributed by atoms with Gasteiger partial charge in [-0.15, -0.1) is 0 Å². The molecule has 0 rings (SSSR count). The Morgan fingerprint density at radius 3 is 1.92 bits per heavy atom. The van der Waals surface area contributed by atoms with Crippen LogP contribution in [0.25, 0.3) is 0 Å².